The molecule has 6 heteroatoms. The molecule has 2 aromatic carbocycles. The van der Waals surface area contributed by atoms with E-state index >= 15 is 0 Å². The lowest BCUT2D eigenvalue weighted by atomic mass is 10.1. The van der Waals surface area contributed by atoms with Gasteiger partial charge in [0.1, 0.15) is 0 Å². The average Bonchev–Trinajstić information content (AvgIpc) is 3.11. The zero-order chi connectivity index (χ0) is 18.4. The molecule has 1 aliphatic rings. The molecule has 1 saturated carbocycles. The van der Waals surface area contributed by atoms with E-state index in [1.54, 1.807) is 24.3 Å². The number of alkyl halides is 2. The van der Waals surface area contributed by atoms with E-state index in [0.29, 0.717) is 28.4 Å². The molecule has 3 nitrogen and oxygen atoms in total. The SMILES string of the molecule is O=C(Cc1ccc(NC2CCCC2)cc1)Nc1ccc(SC(F)F)cc1. The number of nitrogens with one attached hydrogen (secondary N) is 2. The number of benzene rings is 2. The van der Waals surface area contributed by atoms with Gasteiger partial charge in [-0.3, -0.25) is 4.79 Å². The van der Waals surface area contributed by atoms with Crippen molar-refractivity contribution in [1.29, 1.82) is 0 Å². The van der Waals surface area contributed by atoms with Gasteiger partial charge in [0, 0.05) is 22.3 Å². The number of rotatable bonds is 7. The summed E-state index contributed by atoms with van der Waals surface area (Å²) in [5.74, 6) is -2.57. The van der Waals surface area contributed by atoms with Crippen LogP contribution >= 0.6 is 11.8 Å². The summed E-state index contributed by atoms with van der Waals surface area (Å²) >= 11 is 0.489. The van der Waals surface area contributed by atoms with E-state index in [0.717, 1.165) is 11.3 Å². The summed E-state index contributed by atoms with van der Waals surface area (Å²) in [5.41, 5.74) is 2.63. The van der Waals surface area contributed by atoms with E-state index in [-0.39, 0.29) is 12.3 Å². The van der Waals surface area contributed by atoms with Crippen LogP contribution in [0.25, 0.3) is 0 Å². The van der Waals surface area contributed by atoms with Gasteiger partial charge in [0.05, 0.1) is 6.42 Å². The number of anilines is 2. The van der Waals surface area contributed by atoms with Crippen LogP contribution in [0.3, 0.4) is 0 Å². The summed E-state index contributed by atoms with van der Waals surface area (Å²) in [5, 5.41) is 6.32. The fourth-order valence-electron chi connectivity index (χ4n) is 3.13. The number of carbonyl (C=O) groups excluding carboxylic acids is 1. The first kappa shape index (κ1) is 18.7. The topological polar surface area (TPSA) is 41.1 Å². The molecule has 1 fully saturated rings. The molecule has 0 spiro atoms. The Labute approximate surface area is 156 Å². The number of amides is 1. The summed E-state index contributed by atoms with van der Waals surface area (Å²) in [6, 6.07) is 14.9. The smallest absolute Gasteiger partial charge is 0.288 e. The lowest BCUT2D eigenvalue weighted by molar-refractivity contribution is -0.115. The number of hydrogen-bond acceptors (Lipinski definition) is 3. The molecular weight excluding hydrogens is 354 g/mol. The fraction of sp³-hybridized carbons (Fsp3) is 0.350. The molecule has 0 bridgehead atoms. The average molecular weight is 376 g/mol. The van der Waals surface area contributed by atoms with Crippen LogP contribution in [0.15, 0.2) is 53.4 Å². The third-order valence-corrected chi connectivity index (χ3v) is 5.13. The van der Waals surface area contributed by atoms with E-state index in [9.17, 15) is 13.6 Å². The van der Waals surface area contributed by atoms with E-state index in [2.05, 4.69) is 10.6 Å². The lowest BCUT2D eigenvalue weighted by Crippen LogP contribution is -2.15. The van der Waals surface area contributed by atoms with Gasteiger partial charge >= 0.3 is 0 Å². The van der Waals surface area contributed by atoms with E-state index in [1.165, 1.54) is 25.7 Å². The van der Waals surface area contributed by atoms with Crippen LogP contribution in [0.4, 0.5) is 20.2 Å². The van der Waals surface area contributed by atoms with Gasteiger partial charge in [-0.15, -0.1) is 0 Å². The largest absolute Gasteiger partial charge is 0.382 e. The Kier molecular flexibility index (Phi) is 6.50. The zero-order valence-corrected chi connectivity index (χ0v) is 15.2. The number of hydrogen-bond donors (Lipinski definition) is 2. The van der Waals surface area contributed by atoms with Crippen molar-refractivity contribution in [3.8, 4) is 0 Å². The van der Waals surface area contributed by atoms with Gasteiger partial charge < -0.3 is 10.6 Å². The van der Waals surface area contributed by atoms with Crippen molar-refractivity contribution in [3.05, 3.63) is 54.1 Å². The maximum absolute atomic E-state index is 12.3. The Balaban J connectivity index is 1.49. The highest BCUT2D eigenvalue weighted by atomic mass is 32.2. The van der Waals surface area contributed by atoms with Gasteiger partial charge in [0.2, 0.25) is 5.91 Å². The van der Waals surface area contributed by atoms with E-state index in [1.807, 2.05) is 24.3 Å². The van der Waals surface area contributed by atoms with Crippen molar-refractivity contribution >= 4 is 29.0 Å². The summed E-state index contributed by atoms with van der Waals surface area (Å²) < 4.78 is 24.6. The predicted molar refractivity (Wildman–Crippen MR) is 103 cm³/mol. The second-order valence-electron chi connectivity index (χ2n) is 6.45. The molecule has 0 heterocycles. The van der Waals surface area contributed by atoms with Crippen molar-refractivity contribution in [2.75, 3.05) is 10.6 Å². The molecule has 1 aliphatic carbocycles. The lowest BCUT2D eigenvalue weighted by Gasteiger charge is -2.13. The van der Waals surface area contributed by atoms with Gasteiger partial charge in [0.25, 0.3) is 5.76 Å². The Morgan fingerprint density at radius 2 is 1.62 bits per heavy atom. The molecule has 2 aromatic rings. The molecule has 2 N–H and O–H groups in total. The second-order valence-corrected chi connectivity index (χ2v) is 7.51. The maximum Gasteiger partial charge on any atom is 0.288 e. The highest BCUT2D eigenvalue weighted by Gasteiger charge is 2.14. The van der Waals surface area contributed by atoms with Crippen molar-refractivity contribution in [3.63, 3.8) is 0 Å². The van der Waals surface area contributed by atoms with Gasteiger partial charge in [0.15, 0.2) is 0 Å². The molecule has 26 heavy (non-hydrogen) atoms. The van der Waals surface area contributed by atoms with Crippen molar-refractivity contribution < 1.29 is 13.6 Å². The minimum Gasteiger partial charge on any atom is -0.382 e. The van der Waals surface area contributed by atoms with Gasteiger partial charge in [-0.2, -0.15) is 8.78 Å². The Bertz CT molecular complexity index is 714. The molecule has 0 unspecified atom stereocenters. The first-order valence-electron chi connectivity index (χ1n) is 8.79. The first-order chi connectivity index (χ1) is 12.6. The maximum atomic E-state index is 12.3. The predicted octanol–water partition coefficient (Wildman–Crippen LogP) is 5.54. The number of halogens is 2. The molecule has 0 aromatic heterocycles. The van der Waals surface area contributed by atoms with Gasteiger partial charge in [-0.25, -0.2) is 0 Å². The Morgan fingerprint density at radius 1 is 1.00 bits per heavy atom. The normalized spacial score (nSPS) is 14.6. The van der Waals surface area contributed by atoms with Crippen LogP contribution in [0.5, 0.6) is 0 Å². The van der Waals surface area contributed by atoms with Crippen molar-refractivity contribution in [1.82, 2.24) is 0 Å². The minimum absolute atomic E-state index is 0.129. The van der Waals surface area contributed by atoms with Crippen LogP contribution in [-0.4, -0.2) is 17.7 Å². The van der Waals surface area contributed by atoms with Crippen LogP contribution < -0.4 is 10.6 Å². The Morgan fingerprint density at radius 3 is 2.23 bits per heavy atom. The van der Waals surface area contributed by atoms with Crippen LogP contribution in [0, 0.1) is 0 Å². The summed E-state index contributed by atoms with van der Waals surface area (Å²) in [6.07, 6.45) is 5.30. The fourth-order valence-corrected chi connectivity index (χ4v) is 3.63. The molecule has 1 amide bonds. The second kappa shape index (κ2) is 9.03. The number of carbonyl (C=O) groups is 1. The number of thioether (sulfide) groups is 1. The molecule has 3 rings (SSSR count). The van der Waals surface area contributed by atoms with Crippen molar-refractivity contribution in [2.45, 2.75) is 48.8 Å². The highest BCUT2D eigenvalue weighted by Crippen LogP contribution is 2.26. The van der Waals surface area contributed by atoms with Gasteiger partial charge in [-0.1, -0.05) is 36.7 Å². The summed E-state index contributed by atoms with van der Waals surface area (Å²) in [4.78, 5) is 12.6. The Hall–Kier alpha value is -2.08. The minimum atomic E-state index is -2.44. The molecule has 0 saturated heterocycles. The molecule has 0 atom stereocenters. The van der Waals surface area contributed by atoms with Crippen LogP contribution in [0.2, 0.25) is 0 Å². The molecule has 0 radical (unpaired) electrons. The monoisotopic (exact) mass is 376 g/mol. The first-order valence-corrected chi connectivity index (χ1v) is 9.67. The molecular formula is C20H22F2N2OS. The molecule has 0 aliphatic heterocycles. The quantitative estimate of drug-likeness (QED) is 0.624. The van der Waals surface area contributed by atoms with Crippen molar-refractivity contribution in [2.24, 2.45) is 0 Å². The van der Waals surface area contributed by atoms with E-state index < -0.39 is 5.76 Å². The third kappa shape index (κ3) is 5.73. The summed E-state index contributed by atoms with van der Waals surface area (Å²) in [6.45, 7) is 0. The highest BCUT2D eigenvalue weighted by molar-refractivity contribution is 7.99. The molecule has 138 valence electrons. The summed E-state index contributed by atoms with van der Waals surface area (Å²) in [7, 11) is 0. The standard InChI is InChI=1S/C20H22F2N2OS/c21-20(22)26-18-11-9-17(10-12-18)24-19(25)13-14-5-7-16(8-6-14)23-15-3-1-2-4-15/h5-12,15,20,23H,1-4,13H2,(H,24,25). The van der Waals surface area contributed by atoms with Crippen LogP contribution in [-0.2, 0) is 11.2 Å². The third-order valence-electron chi connectivity index (χ3n) is 4.41. The van der Waals surface area contributed by atoms with Crippen LogP contribution in [0.1, 0.15) is 31.2 Å². The van der Waals surface area contributed by atoms with Gasteiger partial charge in [-0.05, 0) is 54.8 Å². The zero-order valence-electron chi connectivity index (χ0n) is 14.4. The van der Waals surface area contributed by atoms with E-state index in [4.69, 9.17) is 0 Å².